The van der Waals surface area contributed by atoms with Crippen molar-refractivity contribution in [2.45, 2.75) is 31.8 Å². The van der Waals surface area contributed by atoms with Crippen LogP contribution >= 0.6 is 0 Å². The Morgan fingerprint density at radius 1 is 1.33 bits per heavy atom. The minimum atomic E-state index is -0.0790. The summed E-state index contributed by atoms with van der Waals surface area (Å²) in [6, 6.07) is 7.19. The largest absolute Gasteiger partial charge is 0.378 e. The summed E-state index contributed by atoms with van der Waals surface area (Å²) in [4.78, 5) is 0. The molecule has 3 rings (SSSR count). The molecule has 3 atom stereocenters. The van der Waals surface area contributed by atoms with E-state index in [1.807, 2.05) is 12.1 Å². The van der Waals surface area contributed by atoms with E-state index in [0.717, 1.165) is 38.1 Å². The van der Waals surface area contributed by atoms with E-state index in [1.54, 1.807) is 12.1 Å². The van der Waals surface area contributed by atoms with Crippen molar-refractivity contribution in [3.63, 3.8) is 0 Å². The van der Waals surface area contributed by atoms with Crippen molar-refractivity contribution in [3.8, 4) is 0 Å². The second-order valence-corrected chi connectivity index (χ2v) is 5.52. The Kier molecular flexibility index (Phi) is 3.12. The van der Waals surface area contributed by atoms with Gasteiger partial charge in [-0.05, 0) is 37.9 Å². The van der Waals surface area contributed by atoms with Crippen LogP contribution in [-0.2, 0) is 4.74 Å². The number of benzene rings is 1. The summed E-state index contributed by atoms with van der Waals surface area (Å²) >= 11 is 0. The van der Waals surface area contributed by atoms with Gasteiger partial charge in [0.2, 0.25) is 0 Å². The van der Waals surface area contributed by atoms with Crippen LogP contribution in [-0.4, -0.2) is 25.8 Å². The Morgan fingerprint density at radius 2 is 2.17 bits per heavy atom. The molecule has 2 aliphatic heterocycles. The van der Waals surface area contributed by atoms with Gasteiger partial charge in [-0.1, -0.05) is 18.2 Å². The molecule has 0 amide bonds. The Hall–Kier alpha value is -0.930. The van der Waals surface area contributed by atoms with Crippen LogP contribution in [0.4, 0.5) is 4.39 Å². The predicted octanol–water partition coefficient (Wildman–Crippen LogP) is 2.70. The zero-order valence-electron chi connectivity index (χ0n) is 10.8. The van der Waals surface area contributed by atoms with Gasteiger partial charge in [0.05, 0.1) is 6.10 Å². The fourth-order valence-electron chi connectivity index (χ4n) is 3.70. The van der Waals surface area contributed by atoms with Crippen molar-refractivity contribution in [2.24, 2.45) is 5.41 Å². The smallest absolute Gasteiger partial charge is 0.126 e. The van der Waals surface area contributed by atoms with E-state index in [0.29, 0.717) is 0 Å². The molecule has 2 aliphatic rings. The summed E-state index contributed by atoms with van der Waals surface area (Å²) in [6.07, 6.45) is 2.35. The highest BCUT2D eigenvalue weighted by molar-refractivity contribution is 5.26. The summed E-state index contributed by atoms with van der Waals surface area (Å²) in [5.74, 6) is 0.148. The first kappa shape index (κ1) is 12.1. The molecule has 2 saturated heterocycles. The van der Waals surface area contributed by atoms with Gasteiger partial charge in [0.15, 0.2) is 0 Å². The van der Waals surface area contributed by atoms with Crippen LogP contribution in [0.15, 0.2) is 24.3 Å². The molecule has 18 heavy (non-hydrogen) atoms. The van der Waals surface area contributed by atoms with Gasteiger partial charge in [0, 0.05) is 24.5 Å². The number of ether oxygens (including phenoxy) is 1. The lowest BCUT2D eigenvalue weighted by Gasteiger charge is -2.44. The summed E-state index contributed by atoms with van der Waals surface area (Å²) in [6.45, 7) is 4.82. The average Bonchev–Trinajstić information content (AvgIpc) is 2.73. The third-order valence-corrected chi connectivity index (χ3v) is 4.84. The number of hydrogen-bond donors (Lipinski definition) is 1. The van der Waals surface area contributed by atoms with Gasteiger partial charge in [-0.2, -0.15) is 0 Å². The van der Waals surface area contributed by atoms with Crippen LogP contribution in [0.3, 0.4) is 0 Å². The molecule has 0 saturated carbocycles. The first-order valence-electron chi connectivity index (χ1n) is 6.81. The van der Waals surface area contributed by atoms with E-state index < -0.39 is 0 Å². The Balaban J connectivity index is 2.00. The second-order valence-electron chi connectivity index (χ2n) is 5.52. The molecule has 1 aromatic carbocycles. The van der Waals surface area contributed by atoms with Crippen molar-refractivity contribution < 1.29 is 9.13 Å². The highest BCUT2D eigenvalue weighted by Crippen LogP contribution is 2.50. The first-order chi connectivity index (χ1) is 8.74. The van der Waals surface area contributed by atoms with Crippen molar-refractivity contribution in [1.29, 1.82) is 0 Å². The molecule has 2 heterocycles. The van der Waals surface area contributed by atoms with Crippen molar-refractivity contribution in [2.75, 3.05) is 19.7 Å². The molecule has 0 aliphatic carbocycles. The molecule has 3 heteroatoms. The van der Waals surface area contributed by atoms with Crippen molar-refractivity contribution in [1.82, 2.24) is 5.32 Å². The number of halogens is 1. The quantitative estimate of drug-likeness (QED) is 0.826. The van der Waals surface area contributed by atoms with Crippen LogP contribution in [0.5, 0.6) is 0 Å². The van der Waals surface area contributed by atoms with Gasteiger partial charge in [-0.3, -0.25) is 0 Å². The molecular formula is C15H20FNO. The molecule has 98 valence electrons. The maximum absolute atomic E-state index is 14.1. The monoisotopic (exact) mass is 249 g/mol. The zero-order valence-corrected chi connectivity index (χ0v) is 10.8. The van der Waals surface area contributed by atoms with Crippen molar-refractivity contribution in [3.05, 3.63) is 35.6 Å². The van der Waals surface area contributed by atoms with Crippen LogP contribution < -0.4 is 5.32 Å². The molecule has 2 nitrogen and oxygen atoms in total. The van der Waals surface area contributed by atoms with Gasteiger partial charge >= 0.3 is 0 Å². The van der Waals surface area contributed by atoms with E-state index in [4.69, 9.17) is 4.74 Å². The third kappa shape index (κ3) is 1.77. The highest BCUT2D eigenvalue weighted by Gasteiger charge is 2.49. The maximum atomic E-state index is 14.1. The third-order valence-electron chi connectivity index (χ3n) is 4.84. The fourth-order valence-corrected chi connectivity index (χ4v) is 3.70. The van der Waals surface area contributed by atoms with E-state index >= 15 is 0 Å². The normalized spacial score (nSPS) is 36.1. The molecule has 1 N–H and O–H groups in total. The van der Waals surface area contributed by atoms with E-state index in [1.165, 1.54) is 0 Å². The lowest BCUT2D eigenvalue weighted by atomic mass is 9.64. The van der Waals surface area contributed by atoms with Gasteiger partial charge < -0.3 is 10.1 Å². The van der Waals surface area contributed by atoms with Crippen molar-refractivity contribution >= 4 is 0 Å². The molecule has 1 aromatic rings. The van der Waals surface area contributed by atoms with E-state index in [9.17, 15) is 4.39 Å². The van der Waals surface area contributed by atoms with Gasteiger partial charge in [-0.25, -0.2) is 4.39 Å². The topological polar surface area (TPSA) is 21.3 Å². The molecule has 1 spiro atoms. The Morgan fingerprint density at radius 3 is 2.89 bits per heavy atom. The Labute approximate surface area is 108 Å². The standard InChI is InChI=1S/C15H20FNO/c1-11-15(7-9-18-11)6-8-17-10-13(15)12-4-2-3-5-14(12)16/h2-5,11,13,17H,6-10H2,1H3. The molecule has 3 unspecified atom stereocenters. The van der Waals surface area contributed by atoms with E-state index in [-0.39, 0.29) is 23.3 Å². The summed E-state index contributed by atoms with van der Waals surface area (Å²) in [7, 11) is 0. The Bertz CT molecular complexity index is 436. The highest BCUT2D eigenvalue weighted by atomic mass is 19.1. The maximum Gasteiger partial charge on any atom is 0.126 e. The number of hydrogen-bond acceptors (Lipinski definition) is 2. The number of nitrogens with one attached hydrogen (secondary N) is 1. The van der Waals surface area contributed by atoms with Gasteiger partial charge in [0.25, 0.3) is 0 Å². The van der Waals surface area contributed by atoms with Crippen LogP contribution in [0, 0.1) is 11.2 Å². The predicted molar refractivity (Wildman–Crippen MR) is 69.1 cm³/mol. The van der Waals surface area contributed by atoms with Gasteiger partial charge in [-0.15, -0.1) is 0 Å². The fraction of sp³-hybridized carbons (Fsp3) is 0.600. The average molecular weight is 249 g/mol. The minimum absolute atomic E-state index is 0.0790. The molecular weight excluding hydrogens is 229 g/mol. The second kappa shape index (κ2) is 4.63. The SMILES string of the molecule is CC1OCCC12CCNCC2c1ccccc1F. The number of rotatable bonds is 1. The van der Waals surface area contributed by atoms with E-state index in [2.05, 4.69) is 12.2 Å². The minimum Gasteiger partial charge on any atom is -0.378 e. The molecule has 0 aromatic heterocycles. The lowest BCUT2D eigenvalue weighted by Crippen LogP contribution is -2.47. The molecule has 0 bridgehead atoms. The molecule has 0 radical (unpaired) electrons. The van der Waals surface area contributed by atoms with Crippen LogP contribution in [0.1, 0.15) is 31.2 Å². The van der Waals surface area contributed by atoms with Crippen LogP contribution in [0.25, 0.3) is 0 Å². The zero-order chi connectivity index (χ0) is 12.6. The first-order valence-corrected chi connectivity index (χ1v) is 6.81. The number of piperidine rings is 1. The molecule has 2 fully saturated rings. The summed E-state index contributed by atoms with van der Waals surface area (Å²) in [5.41, 5.74) is 0.968. The summed E-state index contributed by atoms with van der Waals surface area (Å²) in [5, 5.41) is 3.41. The van der Waals surface area contributed by atoms with Gasteiger partial charge in [0.1, 0.15) is 5.82 Å². The van der Waals surface area contributed by atoms with Crippen LogP contribution in [0.2, 0.25) is 0 Å². The summed E-state index contributed by atoms with van der Waals surface area (Å²) < 4.78 is 19.9. The lowest BCUT2D eigenvalue weighted by molar-refractivity contribution is 0.0318.